The largest absolute Gasteiger partial charge is 0.433 e. The van der Waals surface area contributed by atoms with Gasteiger partial charge in [0.1, 0.15) is 22.9 Å². The molecule has 2 N–H and O–H groups in total. The quantitative estimate of drug-likeness (QED) is 0.486. The number of carbonyl (C=O) groups excluding carboxylic acids is 1. The standard InChI is InChI=1S/C25H24BrF5N4O2/c1-13-11-24(7-8-35(13)18-10-14(26)9-17(27)16(18)12-36)22(37)33-21(34-24)15-3-4-19(25(29,30)31)32-20(15)23(28)5-2-6-23/h3-4,9-10,13,36H,2,5-8,11-12H2,1H3,(H,33,34,37)/t13-,24+/m0/s1. The van der Waals surface area contributed by atoms with Crippen molar-refractivity contribution in [2.45, 2.75) is 69.1 Å². The molecule has 6 nitrogen and oxygen atoms in total. The van der Waals surface area contributed by atoms with E-state index in [0.29, 0.717) is 23.1 Å². The Hall–Kier alpha value is -2.60. The summed E-state index contributed by atoms with van der Waals surface area (Å²) in [5.74, 6) is -0.976. The number of halogens is 6. The Balaban J connectivity index is 1.49. The highest BCUT2D eigenvalue weighted by Crippen LogP contribution is 2.47. The summed E-state index contributed by atoms with van der Waals surface area (Å²) in [7, 11) is 0. The van der Waals surface area contributed by atoms with E-state index in [0.717, 1.165) is 12.1 Å². The van der Waals surface area contributed by atoms with Gasteiger partial charge in [-0.25, -0.2) is 13.8 Å². The molecule has 1 saturated carbocycles. The van der Waals surface area contributed by atoms with Gasteiger partial charge in [-0.05, 0) is 56.9 Å². The van der Waals surface area contributed by atoms with Crippen LogP contribution in [0.15, 0.2) is 33.7 Å². The second-order valence-electron chi connectivity index (χ2n) is 9.90. The molecule has 1 amide bonds. The van der Waals surface area contributed by atoms with Gasteiger partial charge in [0.2, 0.25) is 0 Å². The van der Waals surface area contributed by atoms with Crippen LogP contribution in [-0.4, -0.2) is 40.0 Å². The first-order valence-electron chi connectivity index (χ1n) is 11.9. The van der Waals surface area contributed by atoms with E-state index in [1.54, 1.807) is 6.07 Å². The van der Waals surface area contributed by atoms with Gasteiger partial charge in [0.15, 0.2) is 5.67 Å². The Morgan fingerprint density at radius 3 is 2.57 bits per heavy atom. The van der Waals surface area contributed by atoms with Crippen LogP contribution in [0.25, 0.3) is 0 Å². The monoisotopic (exact) mass is 586 g/mol. The first-order chi connectivity index (χ1) is 17.4. The van der Waals surface area contributed by atoms with Crippen molar-refractivity contribution >= 4 is 33.4 Å². The van der Waals surface area contributed by atoms with Gasteiger partial charge >= 0.3 is 6.18 Å². The number of aromatic nitrogens is 1. The molecule has 1 aliphatic carbocycles. The van der Waals surface area contributed by atoms with Gasteiger partial charge in [-0.3, -0.25) is 9.79 Å². The number of alkyl halides is 4. The number of aliphatic hydroxyl groups excluding tert-OH is 1. The highest BCUT2D eigenvalue weighted by Gasteiger charge is 2.50. The highest BCUT2D eigenvalue weighted by atomic mass is 79.9. The molecule has 12 heteroatoms. The number of benzene rings is 1. The summed E-state index contributed by atoms with van der Waals surface area (Å²) in [5.41, 5.74) is -4.09. The van der Waals surface area contributed by atoms with Crippen LogP contribution < -0.4 is 10.2 Å². The normalized spacial score (nSPS) is 25.2. The fraction of sp³-hybridized carbons (Fsp3) is 0.480. The van der Waals surface area contributed by atoms with E-state index < -0.39 is 41.4 Å². The molecule has 2 aliphatic heterocycles. The van der Waals surface area contributed by atoms with Gasteiger partial charge in [0, 0.05) is 40.3 Å². The van der Waals surface area contributed by atoms with Gasteiger partial charge in [-0.2, -0.15) is 13.2 Å². The summed E-state index contributed by atoms with van der Waals surface area (Å²) in [6.45, 7) is 1.65. The predicted molar refractivity (Wildman–Crippen MR) is 129 cm³/mol. The molecule has 3 aliphatic rings. The molecule has 3 heterocycles. The van der Waals surface area contributed by atoms with Crippen LogP contribution >= 0.6 is 15.9 Å². The third-order valence-corrected chi connectivity index (χ3v) is 7.99. The number of carbonyl (C=O) groups is 1. The minimum atomic E-state index is -4.74. The van der Waals surface area contributed by atoms with Crippen molar-refractivity contribution < 1.29 is 31.9 Å². The Bertz CT molecular complexity index is 1300. The summed E-state index contributed by atoms with van der Waals surface area (Å²) in [5, 5.41) is 12.4. The smallest absolute Gasteiger partial charge is 0.391 e. The third kappa shape index (κ3) is 4.41. The van der Waals surface area contributed by atoms with Crippen LogP contribution in [0, 0.1) is 5.82 Å². The lowest BCUT2D eigenvalue weighted by atomic mass is 9.77. The lowest BCUT2D eigenvalue weighted by molar-refractivity contribution is -0.141. The fourth-order valence-electron chi connectivity index (χ4n) is 5.41. The molecule has 1 aromatic carbocycles. The Morgan fingerprint density at radius 1 is 1.24 bits per heavy atom. The molecule has 0 bridgehead atoms. The van der Waals surface area contributed by atoms with Gasteiger partial charge < -0.3 is 15.3 Å². The van der Waals surface area contributed by atoms with Crippen molar-refractivity contribution in [3.8, 4) is 0 Å². The lowest BCUT2D eigenvalue weighted by Crippen LogP contribution is -2.53. The number of amides is 1. The van der Waals surface area contributed by atoms with E-state index in [1.165, 1.54) is 6.07 Å². The van der Waals surface area contributed by atoms with E-state index in [-0.39, 0.29) is 54.4 Å². The molecule has 2 atom stereocenters. The number of aliphatic hydroxyl groups is 1. The number of rotatable bonds is 4. The summed E-state index contributed by atoms with van der Waals surface area (Å²) in [6, 6.07) is 4.56. The lowest BCUT2D eigenvalue weighted by Gasteiger charge is -2.42. The topological polar surface area (TPSA) is 77.8 Å². The number of pyridine rings is 1. The average Bonchev–Trinajstić information content (AvgIpc) is 3.11. The number of aliphatic imine (C=N–C) groups is 1. The van der Waals surface area contributed by atoms with Crippen LogP contribution in [0.5, 0.6) is 0 Å². The molecule has 37 heavy (non-hydrogen) atoms. The summed E-state index contributed by atoms with van der Waals surface area (Å²) < 4.78 is 70.4. The minimum Gasteiger partial charge on any atom is -0.391 e. The van der Waals surface area contributed by atoms with Crippen LogP contribution in [0.3, 0.4) is 0 Å². The first-order valence-corrected chi connectivity index (χ1v) is 12.7. The van der Waals surface area contributed by atoms with E-state index in [2.05, 4.69) is 31.2 Å². The number of piperidine rings is 1. The molecular formula is C25H24BrF5N4O2. The first kappa shape index (κ1) is 26.0. The molecule has 1 saturated heterocycles. The van der Waals surface area contributed by atoms with Crippen molar-refractivity contribution in [3.63, 3.8) is 0 Å². The predicted octanol–water partition coefficient (Wildman–Crippen LogP) is 5.15. The van der Waals surface area contributed by atoms with Gasteiger partial charge in [-0.1, -0.05) is 15.9 Å². The van der Waals surface area contributed by atoms with Crippen LogP contribution in [0.1, 0.15) is 61.5 Å². The maximum Gasteiger partial charge on any atom is 0.433 e. The summed E-state index contributed by atoms with van der Waals surface area (Å²) in [6.07, 6.45) is -3.67. The Labute approximate surface area is 218 Å². The fourth-order valence-corrected chi connectivity index (χ4v) is 5.83. The van der Waals surface area contributed by atoms with Crippen molar-refractivity contribution in [3.05, 3.63) is 57.1 Å². The summed E-state index contributed by atoms with van der Waals surface area (Å²) >= 11 is 3.28. The number of anilines is 1. The van der Waals surface area contributed by atoms with E-state index in [1.807, 2.05) is 11.8 Å². The number of nitrogens with zero attached hydrogens (tertiary/aromatic N) is 3. The number of hydrogen-bond acceptors (Lipinski definition) is 5. The molecular weight excluding hydrogens is 563 g/mol. The van der Waals surface area contributed by atoms with Gasteiger partial charge in [0.25, 0.3) is 5.91 Å². The molecule has 198 valence electrons. The SMILES string of the molecule is C[C@H]1C[C@@]2(CCN1c1cc(Br)cc(F)c1CO)N=C(c1ccc(C(F)(F)F)nc1C1(F)CCC1)NC2=O. The van der Waals surface area contributed by atoms with E-state index >= 15 is 4.39 Å². The minimum absolute atomic E-state index is 0.00958. The highest BCUT2D eigenvalue weighted by molar-refractivity contribution is 9.10. The van der Waals surface area contributed by atoms with Crippen molar-refractivity contribution in [1.82, 2.24) is 10.3 Å². The zero-order valence-corrected chi connectivity index (χ0v) is 21.4. The number of hydrogen-bond donors (Lipinski definition) is 2. The molecule has 1 spiro atoms. The maximum absolute atomic E-state index is 15.4. The molecule has 0 unspecified atom stereocenters. The second kappa shape index (κ2) is 9.00. The van der Waals surface area contributed by atoms with E-state index in [9.17, 15) is 27.5 Å². The van der Waals surface area contributed by atoms with E-state index in [4.69, 9.17) is 0 Å². The zero-order valence-electron chi connectivity index (χ0n) is 19.8. The van der Waals surface area contributed by atoms with Crippen molar-refractivity contribution in [1.29, 1.82) is 0 Å². The third-order valence-electron chi connectivity index (χ3n) is 7.53. The number of nitrogens with one attached hydrogen (secondary N) is 1. The van der Waals surface area contributed by atoms with Crippen LogP contribution in [0.4, 0.5) is 27.6 Å². The van der Waals surface area contributed by atoms with Crippen molar-refractivity contribution in [2.24, 2.45) is 4.99 Å². The van der Waals surface area contributed by atoms with Crippen LogP contribution in [0.2, 0.25) is 0 Å². The molecule has 1 aromatic heterocycles. The Morgan fingerprint density at radius 2 is 1.97 bits per heavy atom. The van der Waals surface area contributed by atoms with Gasteiger partial charge in [0.05, 0.1) is 12.3 Å². The Kier molecular flexibility index (Phi) is 6.33. The van der Waals surface area contributed by atoms with Gasteiger partial charge in [-0.15, -0.1) is 0 Å². The van der Waals surface area contributed by atoms with Crippen LogP contribution in [-0.2, 0) is 23.2 Å². The zero-order chi connectivity index (χ0) is 26.8. The molecule has 0 radical (unpaired) electrons. The molecule has 5 rings (SSSR count). The summed E-state index contributed by atoms with van der Waals surface area (Å²) in [4.78, 5) is 23.3. The average molecular weight is 587 g/mol. The molecule has 2 fully saturated rings. The van der Waals surface area contributed by atoms with Crippen molar-refractivity contribution in [2.75, 3.05) is 11.4 Å². The number of amidine groups is 1. The maximum atomic E-state index is 15.4. The second-order valence-corrected chi connectivity index (χ2v) is 10.8. The molecule has 2 aromatic rings.